The maximum absolute atomic E-state index is 14.8. The van der Waals surface area contributed by atoms with Crippen LogP contribution < -0.4 is 5.32 Å². The molecule has 3 aromatic heterocycles. The number of ether oxygens (including phenoxy) is 1. The molecule has 0 spiro atoms. The molecule has 0 saturated carbocycles. The summed E-state index contributed by atoms with van der Waals surface area (Å²) in [4.78, 5) is 7.14. The zero-order valence-corrected chi connectivity index (χ0v) is 19.5. The van der Waals surface area contributed by atoms with Crippen LogP contribution in [0.3, 0.4) is 0 Å². The molecular formula is C21H18ClFN6O5S. The summed E-state index contributed by atoms with van der Waals surface area (Å²) in [7, 11) is 1.04. The smallest absolute Gasteiger partial charge is 0.268 e. The van der Waals surface area contributed by atoms with Gasteiger partial charge in [0.25, 0.3) is 9.05 Å². The molecule has 1 aromatic carbocycles. The molecule has 1 aliphatic heterocycles. The zero-order chi connectivity index (χ0) is 24.6. The number of hydrogen-bond acceptors (Lipinski definition) is 10. The van der Waals surface area contributed by atoms with Gasteiger partial charge in [-0.3, -0.25) is 4.68 Å². The summed E-state index contributed by atoms with van der Waals surface area (Å²) in [6.07, 6.45) is 2.07. The highest BCUT2D eigenvalue weighted by Gasteiger charge is 2.22. The summed E-state index contributed by atoms with van der Waals surface area (Å²) in [5.74, 6) is -1.31. The molecule has 4 heterocycles. The van der Waals surface area contributed by atoms with Crippen LogP contribution in [0.1, 0.15) is 17.2 Å². The van der Waals surface area contributed by atoms with Gasteiger partial charge >= 0.3 is 0 Å². The van der Waals surface area contributed by atoms with E-state index in [1.165, 1.54) is 17.0 Å². The average molecular weight is 521 g/mol. The number of halogens is 2. The fourth-order valence-corrected chi connectivity index (χ4v) is 4.48. The van der Waals surface area contributed by atoms with Crippen LogP contribution in [-0.4, -0.2) is 58.1 Å². The van der Waals surface area contributed by atoms with Crippen molar-refractivity contribution in [3.05, 3.63) is 59.7 Å². The molecule has 182 valence electrons. The Kier molecular flexibility index (Phi) is 6.23. The fourth-order valence-electron chi connectivity index (χ4n) is 3.71. The van der Waals surface area contributed by atoms with Crippen molar-refractivity contribution in [3.63, 3.8) is 0 Å². The third-order valence-electron chi connectivity index (χ3n) is 5.40. The third-order valence-corrected chi connectivity index (χ3v) is 6.71. The van der Waals surface area contributed by atoms with E-state index < -0.39 is 25.6 Å². The van der Waals surface area contributed by atoms with Gasteiger partial charge in [-0.1, -0.05) is 11.2 Å². The largest absolute Gasteiger partial charge is 0.492 e. The molecule has 4 aromatic rings. The highest BCUT2D eigenvalue weighted by Crippen LogP contribution is 2.29. The Labute approximate surface area is 202 Å². The van der Waals surface area contributed by atoms with E-state index >= 15 is 0 Å². The Morgan fingerprint density at radius 1 is 1.26 bits per heavy atom. The van der Waals surface area contributed by atoms with Gasteiger partial charge in [0.2, 0.25) is 5.88 Å². The summed E-state index contributed by atoms with van der Waals surface area (Å²) in [5.41, 5.74) is 2.27. The monoisotopic (exact) mass is 520 g/mol. The highest BCUT2D eigenvalue weighted by atomic mass is 35.7. The predicted molar refractivity (Wildman–Crippen MR) is 121 cm³/mol. The molecule has 1 saturated heterocycles. The van der Waals surface area contributed by atoms with Crippen LogP contribution in [0, 0.1) is 5.82 Å². The van der Waals surface area contributed by atoms with Gasteiger partial charge in [0.05, 0.1) is 31.1 Å². The Hall–Kier alpha value is -3.39. The van der Waals surface area contributed by atoms with Crippen molar-refractivity contribution in [2.24, 2.45) is 0 Å². The first-order chi connectivity index (χ1) is 16.8. The molecule has 5 rings (SSSR count). The molecule has 1 aliphatic rings. The van der Waals surface area contributed by atoms with Crippen LogP contribution in [-0.2, 0) is 20.3 Å². The van der Waals surface area contributed by atoms with E-state index in [1.807, 2.05) is 0 Å². The van der Waals surface area contributed by atoms with Crippen molar-refractivity contribution in [2.75, 3.05) is 19.7 Å². The van der Waals surface area contributed by atoms with Crippen molar-refractivity contribution in [1.29, 1.82) is 0 Å². The van der Waals surface area contributed by atoms with Crippen LogP contribution in [0.5, 0.6) is 5.88 Å². The topological polar surface area (TPSA) is 145 Å². The molecule has 35 heavy (non-hydrogen) atoms. The minimum absolute atomic E-state index is 0.0299. The van der Waals surface area contributed by atoms with Crippen molar-refractivity contribution >= 4 is 19.7 Å². The second-order valence-electron chi connectivity index (χ2n) is 7.69. The van der Waals surface area contributed by atoms with Crippen molar-refractivity contribution in [2.45, 2.75) is 17.5 Å². The summed E-state index contributed by atoms with van der Waals surface area (Å²) >= 11 is 0. The van der Waals surface area contributed by atoms with E-state index in [0.29, 0.717) is 30.1 Å². The lowest BCUT2D eigenvalue weighted by molar-refractivity contribution is 0.0276. The number of aromatic hydroxyl groups is 1. The molecule has 0 bridgehead atoms. The number of nitrogens with one attached hydrogen (secondary N) is 1. The first-order valence-corrected chi connectivity index (χ1v) is 12.7. The van der Waals surface area contributed by atoms with Crippen LogP contribution >= 0.6 is 10.7 Å². The van der Waals surface area contributed by atoms with E-state index in [-0.39, 0.29) is 24.2 Å². The van der Waals surface area contributed by atoms with Gasteiger partial charge in [0.15, 0.2) is 10.7 Å². The lowest BCUT2D eigenvalue weighted by atomic mass is 10.0. The first kappa shape index (κ1) is 23.4. The number of rotatable bonds is 6. The Morgan fingerprint density at radius 2 is 2.11 bits per heavy atom. The van der Waals surface area contributed by atoms with Gasteiger partial charge in [-0.15, -0.1) is 0 Å². The Balaban J connectivity index is 1.53. The van der Waals surface area contributed by atoms with E-state index in [2.05, 4.69) is 25.5 Å². The lowest BCUT2D eigenvalue weighted by Gasteiger charge is -2.24. The Bertz CT molecular complexity index is 1470. The van der Waals surface area contributed by atoms with Gasteiger partial charge in [0, 0.05) is 35.4 Å². The van der Waals surface area contributed by atoms with E-state index in [4.69, 9.17) is 19.9 Å². The van der Waals surface area contributed by atoms with Crippen LogP contribution in [0.15, 0.2) is 52.2 Å². The quantitative estimate of drug-likeness (QED) is 0.363. The fraction of sp³-hybridized carbons (Fsp3) is 0.238. The van der Waals surface area contributed by atoms with Gasteiger partial charge in [-0.05, 0) is 23.8 Å². The van der Waals surface area contributed by atoms with Crippen molar-refractivity contribution in [1.82, 2.24) is 30.2 Å². The first-order valence-electron chi connectivity index (χ1n) is 10.4. The van der Waals surface area contributed by atoms with E-state index in [9.17, 15) is 17.9 Å². The average Bonchev–Trinajstić information content (AvgIpc) is 3.50. The van der Waals surface area contributed by atoms with Gasteiger partial charge in [0.1, 0.15) is 23.5 Å². The number of nitrogens with zero attached hydrogens (tertiary/aromatic N) is 5. The van der Waals surface area contributed by atoms with Crippen molar-refractivity contribution in [3.8, 4) is 28.8 Å². The molecule has 1 atom stereocenters. The maximum atomic E-state index is 14.8. The molecule has 2 N–H and O–H groups in total. The maximum Gasteiger partial charge on any atom is 0.268 e. The van der Waals surface area contributed by atoms with Crippen molar-refractivity contribution < 1.29 is 27.2 Å². The molecule has 1 fully saturated rings. The molecule has 11 nitrogen and oxygen atoms in total. The number of morpholine rings is 1. The minimum Gasteiger partial charge on any atom is -0.492 e. The second kappa shape index (κ2) is 9.34. The molecule has 0 radical (unpaired) electrons. The van der Waals surface area contributed by atoms with Gasteiger partial charge in [-0.25, -0.2) is 17.8 Å². The second-order valence-corrected chi connectivity index (χ2v) is 10.2. The number of benzene rings is 1. The van der Waals surface area contributed by atoms with Gasteiger partial charge in [-0.2, -0.15) is 10.1 Å². The predicted octanol–water partition coefficient (Wildman–Crippen LogP) is 2.48. The summed E-state index contributed by atoms with van der Waals surface area (Å²) in [5, 5.41) is 21.7. The third kappa shape index (κ3) is 4.89. The van der Waals surface area contributed by atoms with Crippen LogP contribution in [0.2, 0.25) is 0 Å². The standard InChI is InChI=1S/C21H18ClFN6O5S/c22-35(31,32)19-10-25-20(26-21(19)30)16-8-17(15-3-5-34-28-15)29(27-16)11-13-7-12(1-2-14(13)23)18-9-24-4-6-33-18/h1-3,5,7-8,10,18,24H,4,6,9,11H2,(H,25,26,30). The molecule has 14 heteroatoms. The molecule has 0 amide bonds. The number of hydrogen-bond donors (Lipinski definition) is 2. The van der Waals surface area contributed by atoms with Gasteiger partial charge < -0.3 is 19.7 Å². The van der Waals surface area contributed by atoms with Crippen LogP contribution in [0.25, 0.3) is 22.9 Å². The summed E-state index contributed by atoms with van der Waals surface area (Å²) in [6, 6.07) is 7.97. The Morgan fingerprint density at radius 3 is 2.80 bits per heavy atom. The highest BCUT2D eigenvalue weighted by molar-refractivity contribution is 8.13. The zero-order valence-electron chi connectivity index (χ0n) is 17.9. The SMILES string of the molecule is O=S(=O)(Cl)c1cnc(-c2cc(-c3ccon3)n(Cc3cc(C4CNCCO4)ccc3F)n2)nc1O. The lowest BCUT2D eigenvalue weighted by Crippen LogP contribution is -2.33. The van der Waals surface area contributed by atoms with E-state index in [1.54, 1.807) is 24.3 Å². The minimum atomic E-state index is -4.24. The summed E-state index contributed by atoms with van der Waals surface area (Å²) < 4.78 is 50.0. The van der Waals surface area contributed by atoms with Crippen LogP contribution in [0.4, 0.5) is 4.39 Å². The normalized spacial score (nSPS) is 16.5. The van der Waals surface area contributed by atoms with E-state index in [0.717, 1.165) is 18.3 Å². The molecular weight excluding hydrogens is 503 g/mol. The summed E-state index contributed by atoms with van der Waals surface area (Å²) in [6.45, 7) is 1.97. The molecule has 1 unspecified atom stereocenters. The molecule has 0 aliphatic carbocycles. The number of aromatic nitrogens is 5.